The standard InChI is InChI=1S/C22H25N3O4/c1-13(5-6-14-7-9-15(10-8-14)21(27)28)23-18-11-12-25-19-16(20(18)26)3-2-4-17(19)24-22(25)29/h2-4,7-10,13,18,20,23,26H,5-6,11-12H2,1H3,(H,24,29)(H,27,28). The van der Waals surface area contributed by atoms with Gasteiger partial charge in [-0.15, -0.1) is 0 Å². The Balaban J connectivity index is 1.43. The third kappa shape index (κ3) is 3.83. The van der Waals surface area contributed by atoms with E-state index in [2.05, 4.69) is 17.2 Å². The molecule has 0 fully saturated rings. The summed E-state index contributed by atoms with van der Waals surface area (Å²) in [6.45, 7) is 2.63. The maximum Gasteiger partial charge on any atom is 0.335 e. The molecule has 7 nitrogen and oxygen atoms in total. The lowest BCUT2D eigenvalue weighted by Gasteiger charge is -2.26. The summed E-state index contributed by atoms with van der Waals surface area (Å²) in [6.07, 6.45) is 1.62. The Morgan fingerprint density at radius 2 is 2.03 bits per heavy atom. The molecule has 3 aromatic rings. The summed E-state index contributed by atoms with van der Waals surface area (Å²) >= 11 is 0. The predicted octanol–water partition coefficient (Wildman–Crippen LogP) is 2.44. The number of aromatic nitrogens is 2. The molecule has 0 amide bonds. The number of hydrogen-bond donors (Lipinski definition) is 4. The number of aliphatic hydroxyl groups is 1. The van der Waals surface area contributed by atoms with E-state index in [-0.39, 0.29) is 23.3 Å². The number of benzene rings is 2. The second-order valence-corrected chi connectivity index (χ2v) is 7.77. The van der Waals surface area contributed by atoms with E-state index in [4.69, 9.17) is 5.11 Å². The first-order valence-corrected chi connectivity index (χ1v) is 9.92. The van der Waals surface area contributed by atoms with Gasteiger partial charge in [-0.25, -0.2) is 9.59 Å². The van der Waals surface area contributed by atoms with Crippen LogP contribution in [0.25, 0.3) is 11.0 Å². The number of imidazole rings is 1. The summed E-state index contributed by atoms with van der Waals surface area (Å²) in [6, 6.07) is 12.5. The summed E-state index contributed by atoms with van der Waals surface area (Å²) in [5.74, 6) is -0.923. The van der Waals surface area contributed by atoms with Gasteiger partial charge >= 0.3 is 11.7 Å². The summed E-state index contributed by atoms with van der Waals surface area (Å²) in [4.78, 5) is 26.0. The Labute approximate surface area is 168 Å². The second kappa shape index (κ2) is 7.85. The third-order valence-corrected chi connectivity index (χ3v) is 5.75. The molecule has 0 saturated heterocycles. The van der Waals surface area contributed by atoms with Crippen molar-refractivity contribution in [1.82, 2.24) is 14.9 Å². The highest BCUT2D eigenvalue weighted by molar-refractivity contribution is 5.87. The van der Waals surface area contributed by atoms with Gasteiger partial charge in [0.05, 0.1) is 22.7 Å². The summed E-state index contributed by atoms with van der Waals surface area (Å²) < 4.78 is 1.71. The van der Waals surface area contributed by atoms with Crippen molar-refractivity contribution in [2.24, 2.45) is 0 Å². The number of aromatic amines is 1. The molecule has 0 aliphatic carbocycles. The molecule has 0 bridgehead atoms. The first-order chi connectivity index (χ1) is 13.9. The highest BCUT2D eigenvalue weighted by atomic mass is 16.4. The van der Waals surface area contributed by atoms with E-state index in [0.29, 0.717) is 13.0 Å². The molecule has 1 aliphatic rings. The van der Waals surface area contributed by atoms with Crippen LogP contribution in [0.2, 0.25) is 0 Å². The van der Waals surface area contributed by atoms with Gasteiger partial charge in [-0.05, 0) is 49.9 Å². The van der Waals surface area contributed by atoms with Crippen LogP contribution in [0.1, 0.15) is 47.4 Å². The number of nitrogens with zero attached hydrogens (tertiary/aromatic N) is 1. The molecule has 1 aromatic heterocycles. The smallest absolute Gasteiger partial charge is 0.335 e. The molecule has 7 heteroatoms. The van der Waals surface area contributed by atoms with Crippen LogP contribution in [0.5, 0.6) is 0 Å². The number of rotatable bonds is 6. The molecule has 0 radical (unpaired) electrons. The number of aryl methyl sites for hydroxylation is 2. The zero-order valence-corrected chi connectivity index (χ0v) is 16.3. The van der Waals surface area contributed by atoms with E-state index in [0.717, 1.165) is 35.0 Å². The molecular weight excluding hydrogens is 370 g/mol. The maximum atomic E-state index is 12.2. The fourth-order valence-electron chi connectivity index (χ4n) is 4.16. The largest absolute Gasteiger partial charge is 0.478 e. The molecule has 152 valence electrons. The van der Waals surface area contributed by atoms with E-state index in [1.54, 1.807) is 16.7 Å². The zero-order chi connectivity index (χ0) is 20.5. The van der Waals surface area contributed by atoms with Crippen molar-refractivity contribution in [3.63, 3.8) is 0 Å². The molecule has 4 rings (SSSR count). The second-order valence-electron chi connectivity index (χ2n) is 7.77. The summed E-state index contributed by atoms with van der Waals surface area (Å²) in [7, 11) is 0. The summed E-state index contributed by atoms with van der Waals surface area (Å²) in [5.41, 5.74) is 3.54. The molecular formula is C22H25N3O4. The fourth-order valence-corrected chi connectivity index (χ4v) is 4.16. The molecule has 0 saturated carbocycles. The van der Waals surface area contributed by atoms with Crippen molar-refractivity contribution in [1.29, 1.82) is 0 Å². The monoisotopic (exact) mass is 395 g/mol. The van der Waals surface area contributed by atoms with E-state index < -0.39 is 12.1 Å². The fraction of sp³-hybridized carbons (Fsp3) is 0.364. The van der Waals surface area contributed by atoms with Gasteiger partial charge in [0.2, 0.25) is 0 Å². The number of para-hydroxylation sites is 1. The number of carboxylic acid groups (broad SMARTS) is 1. The van der Waals surface area contributed by atoms with Gasteiger partial charge in [-0.3, -0.25) is 4.57 Å². The van der Waals surface area contributed by atoms with Crippen LogP contribution in [0.15, 0.2) is 47.3 Å². The van der Waals surface area contributed by atoms with Crippen LogP contribution in [0.3, 0.4) is 0 Å². The zero-order valence-electron chi connectivity index (χ0n) is 16.3. The predicted molar refractivity (Wildman–Crippen MR) is 110 cm³/mol. The van der Waals surface area contributed by atoms with Gasteiger partial charge < -0.3 is 20.5 Å². The first-order valence-electron chi connectivity index (χ1n) is 9.92. The van der Waals surface area contributed by atoms with Crippen LogP contribution in [-0.2, 0) is 13.0 Å². The van der Waals surface area contributed by atoms with Gasteiger partial charge in [-0.1, -0.05) is 24.3 Å². The minimum atomic E-state index is -0.923. The number of aromatic carboxylic acids is 1. The molecule has 3 atom stereocenters. The molecule has 2 aromatic carbocycles. The Morgan fingerprint density at radius 3 is 2.76 bits per heavy atom. The highest BCUT2D eigenvalue weighted by Gasteiger charge is 2.29. The average molecular weight is 395 g/mol. The van der Waals surface area contributed by atoms with E-state index in [9.17, 15) is 14.7 Å². The van der Waals surface area contributed by atoms with Gasteiger partial charge in [-0.2, -0.15) is 0 Å². The van der Waals surface area contributed by atoms with Gasteiger partial charge in [0.1, 0.15) is 0 Å². The Bertz CT molecular complexity index is 1080. The minimum Gasteiger partial charge on any atom is -0.478 e. The molecule has 1 aliphatic heterocycles. The van der Waals surface area contributed by atoms with E-state index in [1.165, 1.54) is 0 Å². The molecule has 3 unspecified atom stereocenters. The number of H-pyrrole nitrogens is 1. The lowest BCUT2D eigenvalue weighted by molar-refractivity contribution is 0.0697. The Kier molecular flexibility index (Phi) is 5.25. The number of carboxylic acids is 1. The molecule has 0 spiro atoms. The molecule has 2 heterocycles. The van der Waals surface area contributed by atoms with Crippen LogP contribution in [-0.4, -0.2) is 37.8 Å². The first kappa shape index (κ1) is 19.4. The van der Waals surface area contributed by atoms with Gasteiger partial charge in [0.15, 0.2) is 0 Å². The van der Waals surface area contributed by atoms with Gasteiger partial charge in [0.25, 0.3) is 0 Å². The SMILES string of the molecule is CC(CCc1ccc(C(=O)O)cc1)NC1CCn2c(=O)[nH]c3cccc(c32)C1O. The summed E-state index contributed by atoms with van der Waals surface area (Å²) in [5, 5.41) is 23.5. The maximum absolute atomic E-state index is 12.2. The quantitative estimate of drug-likeness (QED) is 0.513. The van der Waals surface area contributed by atoms with Crippen molar-refractivity contribution >= 4 is 17.0 Å². The van der Waals surface area contributed by atoms with Crippen LogP contribution in [0.4, 0.5) is 0 Å². The Hall–Kier alpha value is -2.90. The van der Waals surface area contributed by atoms with Crippen LogP contribution < -0.4 is 11.0 Å². The third-order valence-electron chi connectivity index (χ3n) is 5.75. The lowest BCUT2D eigenvalue weighted by atomic mass is 9.98. The van der Waals surface area contributed by atoms with Crippen molar-refractivity contribution in [2.45, 2.75) is 50.9 Å². The number of nitrogens with one attached hydrogen (secondary N) is 2. The number of aliphatic hydroxyl groups excluding tert-OH is 1. The normalized spacial score (nSPS) is 19.8. The van der Waals surface area contributed by atoms with Gasteiger partial charge in [0, 0.05) is 24.2 Å². The topological polar surface area (TPSA) is 107 Å². The highest BCUT2D eigenvalue weighted by Crippen LogP contribution is 2.30. The average Bonchev–Trinajstić information content (AvgIpc) is 2.96. The lowest BCUT2D eigenvalue weighted by Crippen LogP contribution is -2.41. The minimum absolute atomic E-state index is 0.141. The van der Waals surface area contributed by atoms with Crippen molar-refractivity contribution in [2.75, 3.05) is 0 Å². The van der Waals surface area contributed by atoms with Crippen molar-refractivity contribution in [3.05, 3.63) is 69.6 Å². The number of hydrogen-bond acceptors (Lipinski definition) is 4. The van der Waals surface area contributed by atoms with E-state index in [1.807, 2.05) is 30.3 Å². The Morgan fingerprint density at radius 1 is 1.28 bits per heavy atom. The van der Waals surface area contributed by atoms with Crippen molar-refractivity contribution in [3.8, 4) is 0 Å². The van der Waals surface area contributed by atoms with Crippen LogP contribution in [0, 0.1) is 0 Å². The van der Waals surface area contributed by atoms with Crippen molar-refractivity contribution < 1.29 is 15.0 Å². The van der Waals surface area contributed by atoms with Crippen LogP contribution >= 0.6 is 0 Å². The number of carbonyl (C=O) groups is 1. The van der Waals surface area contributed by atoms with E-state index >= 15 is 0 Å². The molecule has 29 heavy (non-hydrogen) atoms. The molecule has 4 N–H and O–H groups in total.